The van der Waals surface area contributed by atoms with Crippen molar-refractivity contribution in [3.05, 3.63) is 46.9 Å². The number of ether oxygens (including phenoxy) is 4. The van der Waals surface area contributed by atoms with Gasteiger partial charge in [-0.15, -0.1) is 0 Å². The first-order chi connectivity index (χ1) is 13.0. The predicted octanol–water partition coefficient (Wildman–Crippen LogP) is 2.33. The molecule has 1 aromatic rings. The van der Waals surface area contributed by atoms with Crippen molar-refractivity contribution in [1.29, 1.82) is 0 Å². The highest BCUT2D eigenvalue weighted by atomic mass is 16.7. The van der Waals surface area contributed by atoms with Crippen molar-refractivity contribution in [2.75, 3.05) is 0 Å². The molecule has 0 aromatic heterocycles. The molecule has 0 atom stereocenters. The van der Waals surface area contributed by atoms with Gasteiger partial charge in [0.25, 0.3) is 11.7 Å². The average molecular weight is 386 g/mol. The summed E-state index contributed by atoms with van der Waals surface area (Å²) in [5.74, 6) is -4.46. The van der Waals surface area contributed by atoms with Crippen molar-refractivity contribution in [2.45, 2.75) is 33.5 Å². The number of carbonyl (C=O) groups is 4. The minimum atomic E-state index is -1.36. The Kier molecular flexibility index (Phi) is 4.58. The molecular formula is C20H18O8. The predicted molar refractivity (Wildman–Crippen MR) is 94.6 cm³/mol. The lowest BCUT2D eigenvalue weighted by Crippen LogP contribution is -2.41. The van der Waals surface area contributed by atoms with Crippen LogP contribution in [0.3, 0.4) is 0 Å². The van der Waals surface area contributed by atoms with Gasteiger partial charge in [0.2, 0.25) is 0 Å². The maximum Gasteiger partial charge on any atom is 0.348 e. The molecule has 3 rings (SSSR count). The maximum absolute atomic E-state index is 12.0. The van der Waals surface area contributed by atoms with Crippen molar-refractivity contribution in [3.63, 3.8) is 0 Å². The first-order valence-electron chi connectivity index (χ1n) is 8.43. The number of rotatable bonds is 2. The molecule has 0 spiro atoms. The summed E-state index contributed by atoms with van der Waals surface area (Å²) in [5.41, 5.74) is -0.453. The molecule has 28 heavy (non-hydrogen) atoms. The second kappa shape index (κ2) is 6.63. The van der Waals surface area contributed by atoms with Gasteiger partial charge in [-0.1, -0.05) is 24.3 Å². The van der Waals surface area contributed by atoms with E-state index >= 15 is 0 Å². The summed E-state index contributed by atoms with van der Waals surface area (Å²) in [6, 6.07) is 6.50. The smallest absolute Gasteiger partial charge is 0.348 e. The van der Waals surface area contributed by atoms with E-state index in [2.05, 4.69) is 0 Å². The second-order valence-corrected chi connectivity index (χ2v) is 7.27. The fraction of sp³-hybridized carbons (Fsp3) is 0.300. The molecule has 2 aliphatic rings. The third kappa shape index (κ3) is 3.80. The molecule has 0 radical (unpaired) electrons. The lowest BCUT2D eigenvalue weighted by molar-refractivity contribution is -0.222. The summed E-state index contributed by atoms with van der Waals surface area (Å²) >= 11 is 0. The number of hydrogen-bond acceptors (Lipinski definition) is 8. The number of carbonyl (C=O) groups excluding carboxylic acids is 4. The van der Waals surface area contributed by atoms with Gasteiger partial charge in [-0.2, -0.15) is 0 Å². The molecule has 0 saturated carbocycles. The lowest BCUT2D eigenvalue weighted by Gasteiger charge is -2.29. The summed E-state index contributed by atoms with van der Waals surface area (Å²) in [7, 11) is 0. The van der Waals surface area contributed by atoms with Crippen LogP contribution in [0.15, 0.2) is 35.8 Å². The zero-order valence-electron chi connectivity index (χ0n) is 15.7. The van der Waals surface area contributed by atoms with Crippen LogP contribution >= 0.6 is 0 Å². The van der Waals surface area contributed by atoms with Crippen molar-refractivity contribution < 1.29 is 38.1 Å². The highest BCUT2D eigenvalue weighted by Gasteiger charge is 2.45. The fourth-order valence-electron chi connectivity index (χ4n) is 2.37. The minimum Gasteiger partial charge on any atom is -0.419 e. The summed E-state index contributed by atoms with van der Waals surface area (Å²) in [6.45, 7) is 5.76. The molecule has 2 fully saturated rings. The van der Waals surface area contributed by atoms with Crippen LogP contribution in [0.1, 0.15) is 38.8 Å². The maximum atomic E-state index is 12.0. The molecule has 2 saturated heterocycles. The Hall–Kier alpha value is -3.42. The topological polar surface area (TPSA) is 105 Å². The molecule has 0 bridgehead atoms. The Labute approximate surface area is 160 Å². The molecule has 146 valence electrons. The van der Waals surface area contributed by atoms with E-state index < -0.39 is 35.1 Å². The fourth-order valence-corrected chi connectivity index (χ4v) is 2.37. The Morgan fingerprint density at radius 1 is 0.714 bits per heavy atom. The lowest BCUT2D eigenvalue weighted by atomic mass is 9.93. The normalized spacial score (nSPS) is 20.6. The van der Waals surface area contributed by atoms with E-state index in [1.54, 1.807) is 24.3 Å². The van der Waals surface area contributed by atoms with Gasteiger partial charge in [0.15, 0.2) is 5.41 Å². The first kappa shape index (κ1) is 19.3. The zero-order valence-corrected chi connectivity index (χ0v) is 15.7. The van der Waals surface area contributed by atoms with Crippen LogP contribution in [0, 0.1) is 5.41 Å². The Morgan fingerprint density at radius 3 is 1.61 bits per heavy atom. The van der Waals surface area contributed by atoms with E-state index in [1.165, 1.54) is 39.8 Å². The van der Waals surface area contributed by atoms with E-state index in [9.17, 15) is 19.2 Å². The molecule has 1 aromatic carbocycles. The number of esters is 4. The molecule has 0 amide bonds. The van der Waals surface area contributed by atoms with Gasteiger partial charge in [0.1, 0.15) is 5.57 Å². The zero-order chi connectivity index (χ0) is 20.7. The summed E-state index contributed by atoms with van der Waals surface area (Å²) in [5, 5.41) is 0. The van der Waals surface area contributed by atoms with Gasteiger partial charge in [-0.05, 0) is 31.1 Å². The van der Waals surface area contributed by atoms with Crippen LogP contribution in [0.4, 0.5) is 0 Å². The van der Waals surface area contributed by atoms with Crippen LogP contribution in [-0.2, 0) is 38.1 Å². The van der Waals surface area contributed by atoms with Gasteiger partial charge >= 0.3 is 23.9 Å². The number of benzene rings is 1. The minimum absolute atomic E-state index is 0.220. The quantitative estimate of drug-likeness (QED) is 0.330. The molecule has 0 unspecified atom stereocenters. The Morgan fingerprint density at radius 2 is 1.14 bits per heavy atom. The molecule has 8 nitrogen and oxygen atoms in total. The van der Waals surface area contributed by atoms with Crippen molar-refractivity contribution in [3.8, 4) is 0 Å². The van der Waals surface area contributed by atoms with Gasteiger partial charge in [-0.3, -0.25) is 9.59 Å². The van der Waals surface area contributed by atoms with Gasteiger partial charge in [0, 0.05) is 19.9 Å². The molecule has 8 heteroatoms. The van der Waals surface area contributed by atoms with E-state index in [0.29, 0.717) is 11.1 Å². The molecular weight excluding hydrogens is 368 g/mol. The second-order valence-electron chi connectivity index (χ2n) is 7.27. The summed E-state index contributed by atoms with van der Waals surface area (Å²) in [4.78, 5) is 47.6. The van der Waals surface area contributed by atoms with E-state index in [4.69, 9.17) is 18.9 Å². The highest BCUT2D eigenvalue weighted by Crippen LogP contribution is 2.29. The summed E-state index contributed by atoms with van der Waals surface area (Å²) in [6.07, 6.45) is 2.73. The Bertz CT molecular complexity index is 887. The third-order valence-electron chi connectivity index (χ3n) is 4.06. The monoisotopic (exact) mass is 386 g/mol. The SMILES string of the molecule is CC1(C)OC(=O)C(=Cc2ccc(C=C3OC(=O)C(C)(C)C(=O)O3)cc2)C(=O)O1. The number of hydrogen-bond donors (Lipinski definition) is 0. The van der Waals surface area contributed by atoms with Gasteiger partial charge in [-0.25, -0.2) is 9.59 Å². The molecule has 0 aliphatic carbocycles. The largest absolute Gasteiger partial charge is 0.419 e. The van der Waals surface area contributed by atoms with Crippen LogP contribution in [0.25, 0.3) is 12.2 Å². The first-order valence-corrected chi connectivity index (χ1v) is 8.43. The highest BCUT2D eigenvalue weighted by molar-refractivity contribution is 6.18. The van der Waals surface area contributed by atoms with Crippen molar-refractivity contribution >= 4 is 36.0 Å². The van der Waals surface area contributed by atoms with E-state index in [0.717, 1.165) is 0 Å². The van der Waals surface area contributed by atoms with Gasteiger partial charge in [0.05, 0.1) is 0 Å². The molecule has 2 aliphatic heterocycles. The third-order valence-corrected chi connectivity index (χ3v) is 4.06. The van der Waals surface area contributed by atoms with Crippen molar-refractivity contribution in [1.82, 2.24) is 0 Å². The van der Waals surface area contributed by atoms with Gasteiger partial charge < -0.3 is 18.9 Å². The average Bonchev–Trinajstić information content (AvgIpc) is 2.57. The van der Waals surface area contributed by atoms with Crippen LogP contribution in [-0.4, -0.2) is 29.7 Å². The Balaban J connectivity index is 1.78. The van der Waals surface area contributed by atoms with Crippen molar-refractivity contribution in [2.24, 2.45) is 5.41 Å². The van der Waals surface area contributed by atoms with Crippen LogP contribution < -0.4 is 0 Å². The number of cyclic esters (lactones) is 4. The molecule has 0 N–H and O–H groups in total. The van der Waals surface area contributed by atoms with E-state index in [1.807, 2.05) is 0 Å². The standard InChI is InChI=1S/C20H18O8/c1-19(2)17(23)25-14(26-18(19)24)10-12-7-5-11(6-8-12)9-13-15(21)27-20(3,4)28-16(13)22/h5-10H,1-4H3. The molecule has 2 heterocycles. The van der Waals surface area contributed by atoms with E-state index in [-0.39, 0.29) is 11.5 Å². The van der Waals surface area contributed by atoms with Crippen LogP contribution in [0.2, 0.25) is 0 Å². The van der Waals surface area contributed by atoms with Crippen LogP contribution in [0.5, 0.6) is 0 Å². The summed E-state index contributed by atoms with van der Waals surface area (Å²) < 4.78 is 20.1.